The van der Waals surface area contributed by atoms with Gasteiger partial charge >= 0.3 is 0 Å². The Hall–Kier alpha value is -1.61. The van der Waals surface area contributed by atoms with Crippen molar-refractivity contribution in [3.63, 3.8) is 0 Å². The number of nitrogens with one attached hydrogen (secondary N) is 1. The van der Waals surface area contributed by atoms with Crippen LogP contribution in [-0.4, -0.2) is 11.9 Å². The number of hydrogen-bond donors (Lipinski definition) is 2. The molecule has 0 bridgehead atoms. The van der Waals surface area contributed by atoms with Gasteiger partial charge in [0.1, 0.15) is 0 Å². The summed E-state index contributed by atoms with van der Waals surface area (Å²) in [5, 5.41) is 2.85. The quantitative estimate of drug-likeness (QED) is 0.734. The minimum Gasteiger partial charge on any atom is -0.351 e. The Kier molecular flexibility index (Phi) is 5.43. The first-order chi connectivity index (χ1) is 8.19. The molecule has 0 aromatic heterocycles. The van der Waals surface area contributed by atoms with Crippen molar-refractivity contribution in [3.8, 4) is 0 Å². The number of amides is 1. The van der Waals surface area contributed by atoms with Crippen LogP contribution >= 0.6 is 0 Å². The lowest BCUT2D eigenvalue weighted by Crippen LogP contribution is -2.39. The molecule has 1 amide bonds. The Morgan fingerprint density at radius 3 is 2.71 bits per heavy atom. The first-order valence-electron chi connectivity index (χ1n) is 5.90. The second kappa shape index (κ2) is 6.86. The van der Waals surface area contributed by atoms with E-state index in [1.54, 1.807) is 6.08 Å². The monoisotopic (exact) mass is 232 g/mol. The third-order valence-corrected chi connectivity index (χ3v) is 2.71. The lowest BCUT2D eigenvalue weighted by molar-refractivity contribution is -0.122. The molecule has 3 nitrogen and oxygen atoms in total. The summed E-state index contributed by atoms with van der Waals surface area (Å²) >= 11 is 0. The molecule has 1 atom stereocenters. The second-order valence-electron chi connectivity index (χ2n) is 3.97. The topological polar surface area (TPSA) is 55.1 Å². The molecule has 1 aromatic carbocycles. The normalized spacial score (nSPS) is 11.9. The van der Waals surface area contributed by atoms with Crippen LogP contribution < -0.4 is 11.1 Å². The van der Waals surface area contributed by atoms with E-state index < -0.39 is 6.04 Å². The van der Waals surface area contributed by atoms with Gasteiger partial charge in [-0.15, -0.1) is 6.58 Å². The minimum atomic E-state index is -0.499. The van der Waals surface area contributed by atoms with E-state index >= 15 is 0 Å². The van der Waals surface area contributed by atoms with Crippen molar-refractivity contribution >= 4 is 5.91 Å². The Morgan fingerprint density at radius 2 is 2.12 bits per heavy atom. The Bertz CT molecular complexity index is 388. The predicted octanol–water partition coefficient (Wildman–Crippen LogP) is 1.77. The fourth-order valence-corrected chi connectivity index (χ4v) is 1.67. The number of aryl methyl sites for hydroxylation is 1. The van der Waals surface area contributed by atoms with Gasteiger partial charge in [0.25, 0.3) is 0 Å². The summed E-state index contributed by atoms with van der Waals surface area (Å²) in [4.78, 5) is 11.6. The van der Waals surface area contributed by atoms with Crippen molar-refractivity contribution in [3.05, 3.63) is 48.0 Å². The molecule has 0 radical (unpaired) electrons. The summed E-state index contributed by atoms with van der Waals surface area (Å²) < 4.78 is 0. The van der Waals surface area contributed by atoms with E-state index in [1.165, 1.54) is 5.56 Å². The highest BCUT2D eigenvalue weighted by molar-refractivity contribution is 5.81. The van der Waals surface area contributed by atoms with Gasteiger partial charge in [-0.3, -0.25) is 4.79 Å². The lowest BCUT2D eigenvalue weighted by Gasteiger charge is -2.12. The highest BCUT2D eigenvalue weighted by atomic mass is 16.2. The smallest absolute Gasteiger partial charge is 0.237 e. The fraction of sp³-hybridized carbons (Fsp3) is 0.357. The van der Waals surface area contributed by atoms with Crippen molar-refractivity contribution in [2.45, 2.75) is 32.4 Å². The zero-order valence-electron chi connectivity index (χ0n) is 10.3. The molecule has 1 rings (SSSR count). The highest BCUT2D eigenvalue weighted by Crippen LogP contribution is 2.08. The van der Waals surface area contributed by atoms with Crippen LogP contribution in [0.1, 0.15) is 24.5 Å². The van der Waals surface area contributed by atoms with Crippen molar-refractivity contribution in [2.24, 2.45) is 5.73 Å². The first kappa shape index (κ1) is 13.5. The molecule has 0 saturated heterocycles. The van der Waals surface area contributed by atoms with E-state index in [0.717, 1.165) is 12.0 Å². The molecule has 0 heterocycles. The van der Waals surface area contributed by atoms with Crippen LogP contribution in [-0.2, 0) is 17.8 Å². The van der Waals surface area contributed by atoms with Crippen LogP contribution in [0, 0.1) is 0 Å². The average Bonchev–Trinajstić information content (AvgIpc) is 2.36. The van der Waals surface area contributed by atoms with Crippen molar-refractivity contribution < 1.29 is 4.79 Å². The van der Waals surface area contributed by atoms with Gasteiger partial charge in [-0.1, -0.05) is 37.3 Å². The summed E-state index contributed by atoms with van der Waals surface area (Å²) in [7, 11) is 0. The standard InChI is InChI=1S/C14H20N2O/c1-3-7-13(15)14(17)16-10-12-9-6-5-8-11(12)4-2/h3,5-6,8-9,13H,1,4,7,10,15H2,2H3,(H,16,17). The van der Waals surface area contributed by atoms with Crippen LogP contribution in [0.3, 0.4) is 0 Å². The van der Waals surface area contributed by atoms with E-state index in [9.17, 15) is 4.79 Å². The zero-order valence-corrected chi connectivity index (χ0v) is 10.3. The predicted molar refractivity (Wildman–Crippen MR) is 70.5 cm³/mol. The number of carbonyl (C=O) groups is 1. The molecule has 0 saturated carbocycles. The molecular formula is C14H20N2O. The SMILES string of the molecule is C=CCC(N)C(=O)NCc1ccccc1CC. The summed E-state index contributed by atoms with van der Waals surface area (Å²) in [6.07, 6.45) is 3.12. The Morgan fingerprint density at radius 1 is 1.47 bits per heavy atom. The van der Waals surface area contributed by atoms with E-state index in [1.807, 2.05) is 18.2 Å². The van der Waals surface area contributed by atoms with Gasteiger partial charge in [-0.2, -0.15) is 0 Å². The van der Waals surface area contributed by atoms with Crippen LogP contribution in [0.15, 0.2) is 36.9 Å². The molecule has 0 aliphatic heterocycles. The van der Waals surface area contributed by atoms with Crippen LogP contribution in [0.25, 0.3) is 0 Å². The number of hydrogen-bond acceptors (Lipinski definition) is 2. The van der Waals surface area contributed by atoms with Crippen LogP contribution in [0.4, 0.5) is 0 Å². The highest BCUT2D eigenvalue weighted by Gasteiger charge is 2.11. The van der Waals surface area contributed by atoms with Gasteiger partial charge in [0.05, 0.1) is 6.04 Å². The van der Waals surface area contributed by atoms with Crippen LogP contribution in [0.5, 0.6) is 0 Å². The van der Waals surface area contributed by atoms with Crippen LogP contribution in [0.2, 0.25) is 0 Å². The summed E-state index contributed by atoms with van der Waals surface area (Å²) in [5.74, 6) is -0.129. The van der Waals surface area contributed by atoms with Gasteiger partial charge in [0.2, 0.25) is 5.91 Å². The third-order valence-electron chi connectivity index (χ3n) is 2.71. The molecule has 92 valence electrons. The lowest BCUT2D eigenvalue weighted by atomic mass is 10.1. The minimum absolute atomic E-state index is 0.129. The Balaban J connectivity index is 2.55. The summed E-state index contributed by atoms with van der Waals surface area (Å²) in [5.41, 5.74) is 8.08. The molecule has 1 aromatic rings. The van der Waals surface area contributed by atoms with Crippen molar-refractivity contribution in [1.29, 1.82) is 0 Å². The van der Waals surface area contributed by atoms with Crippen molar-refractivity contribution in [1.82, 2.24) is 5.32 Å². The van der Waals surface area contributed by atoms with Crippen molar-refractivity contribution in [2.75, 3.05) is 0 Å². The fourth-order valence-electron chi connectivity index (χ4n) is 1.67. The Labute approximate surface area is 103 Å². The van der Waals surface area contributed by atoms with E-state index in [-0.39, 0.29) is 5.91 Å². The van der Waals surface area contributed by atoms with E-state index in [2.05, 4.69) is 24.9 Å². The number of nitrogens with two attached hydrogens (primary N) is 1. The van der Waals surface area contributed by atoms with Gasteiger partial charge in [-0.05, 0) is 24.0 Å². The summed E-state index contributed by atoms with van der Waals surface area (Å²) in [6.45, 7) is 6.21. The molecule has 0 aliphatic rings. The average molecular weight is 232 g/mol. The van der Waals surface area contributed by atoms with Gasteiger partial charge in [-0.25, -0.2) is 0 Å². The molecule has 0 spiro atoms. The van der Waals surface area contributed by atoms with E-state index in [0.29, 0.717) is 13.0 Å². The van der Waals surface area contributed by atoms with Gasteiger partial charge in [0.15, 0.2) is 0 Å². The first-order valence-corrected chi connectivity index (χ1v) is 5.90. The molecule has 17 heavy (non-hydrogen) atoms. The largest absolute Gasteiger partial charge is 0.351 e. The molecule has 0 aliphatic carbocycles. The van der Waals surface area contributed by atoms with Gasteiger partial charge in [0, 0.05) is 6.54 Å². The number of benzene rings is 1. The maximum Gasteiger partial charge on any atom is 0.237 e. The molecule has 1 unspecified atom stereocenters. The summed E-state index contributed by atoms with van der Waals surface area (Å²) in [6, 6.07) is 7.59. The molecule has 3 heteroatoms. The zero-order chi connectivity index (χ0) is 12.7. The third kappa shape index (κ3) is 4.04. The van der Waals surface area contributed by atoms with Gasteiger partial charge < -0.3 is 11.1 Å². The second-order valence-corrected chi connectivity index (χ2v) is 3.97. The number of rotatable bonds is 6. The molecular weight excluding hydrogens is 212 g/mol. The van der Waals surface area contributed by atoms with E-state index in [4.69, 9.17) is 5.73 Å². The maximum atomic E-state index is 11.6. The number of carbonyl (C=O) groups excluding carboxylic acids is 1. The maximum absolute atomic E-state index is 11.6. The molecule has 0 fully saturated rings. The molecule has 3 N–H and O–H groups in total.